The van der Waals surface area contributed by atoms with Crippen LogP contribution in [-0.2, 0) is 0 Å². The fourth-order valence-electron chi connectivity index (χ4n) is 1.34. The Labute approximate surface area is 150 Å². The summed E-state index contributed by atoms with van der Waals surface area (Å²) in [5.41, 5.74) is 0. The van der Waals surface area contributed by atoms with Crippen molar-refractivity contribution in [3.05, 3.63) is 53.4 Å². The van der Waals surface area contributed by atoms with Crippen molar-refractivity contribution in [2.45, 2.75) is 0 Å². The van der Waals surface area contributed by atoms with Crippen molar-refractivity contribution in [3.63, 3.8) is 0 Å². The molecule has 2 rings (SSSR count). The quantitative estimate of drug-likeness (QED) is 0.359. The van der Waals surface area contributed by atoms with Gasteiger partial charge in [0, 0.05) is 0 Å². The lowest BCUT2D eigenvalue weighted by Crippen LogP contribution is -1.90. The van der Waals surface area contributed by atoms with E-state index in [-0.39, 0.29) is 41.6 Å². The lowest BCUT2D eigenvalue weighted by Gasteiger charge is -2.13. The van der Waals surface area contributed by atoms with Crippen LogP contribution in [-0.4, -0.2) is 0 Å². The molecule has 0 amide bonds. The molecule has 0 aliphatic carbocycles. The number of hydrogen-bond donors (Lipinski definition) is 0. The van der Waals surface area contributed by atoms with E-state index in [0.29, 0.717) is 5.02 Å². The smallest absolute Gasteiger partial charge is 0.167 e. The molecule has 0 N–H and O–H groups in total. The Morgan fingerprint density at radius 1 is 0.600 bits per heavy atom. The van der Waals surface area contributed by atoms with E-state index in [0.717, 1.165) is 0 Å². The second-order valence-corrected chi connectivity index (χ2v) is 6.31. The first-order valence-corrected chi connectivity index (χ1v) is 7.61. The van der Waals surface area contributed by atoms with Gasteiger partial charge in [0.25, 0.3) is 0 Å². The minimum Gasteiger partial charge on any atom is -0.452 e. The van der Waals surface area contributed by atoms with Gasteiger partial charge in [0.2, 0.25) is 0 Å². The van der Waals surface area contributed by atoms with Crippen LogP contribution in [0.1, 0.15) is 0 Å². The molecule has 0 aliphatic heterocycles. The zero-order valence-corrected chi connectivity index (χ0v) is 14.6. The van der Waals surface area contributed by atoms with Gasteiger partial charge in [-0.05, 0) is 18.2 Å². The Balaban J connectivity index is 2.54. The number of benzene rings is 2. The highest BCUT2D eigenvalue weighted by Crippen LogP contribution is 2.47. The molecule has 2 aromatic rings. The summed E-state index contributed by atoms with van der Waals surface area (Å²) < 4.78 is 5.56. The van der Waals surface area contributed by atoms with Crippen LogP contribution in [0, 0.1) is 0 Å². The van der Waals surface area contributed by atoms with Gasteiger partial charge in [0.15, 0.2) is 5.75 Å². The van der Waals surface area contributed by atoms with E-state index in [1.165, 1.54) is 18.2 Å². The molecule has 0 aromatic heterocycles. The molecule has 20 heavy (non-hydrogen) atoms. The summed E-state index contributed by atoms with van der Waals surface area (Å²) >= 11 is 41.7. The van der Waals surface area contributed by atoms with Gasteiger partial charge in [-0.15, -0.1) is 0 Å². The van der Waals surface area contributed by atoms with Gasteiger partial charge < -0.3 is 4.74 Å². The van der Waals surface area contributed by atoms with E-state index < -0.39 is 0 Å². The van der Waals surface area contributed by atoms with Gasteiger partial charge >= 0.3 is 0 Å². The van der Waals surface area contributed by atoms with Crippen LogP contribution >= 0.6 is 81.2 Å². The van der Waals surface area contributed by atoms with E-state index in [1.54, 1.807) is 0 Å². The van der Waals surface area contributed by atoms with Crippen LogP contribution in [0.25, 0.3) is 0 Å². The summed E-state index contributed by atoms with van der Waals surface area (Å²) in [5.74, 6) is 0.314. The molecule has 0 saturated heterocycles. The predicted molar refractivity (Wildman–Crippen MR) is 88.0 cm³/mol. The molecule has 0 unspecified atom stereocenters. The highest BCUT2D eigenvalue weighted by Gasteiger charge is 2.18. The van der Waals surface area contributed by atoms with Gasteiger partial charge in [-0.2, -0.15) is 0 Å². The highest BCUT2D eigenvalue weighted by atomic mass is 35.5. The van der Waals surface area contributed by atoms with Crippen LogP contribution < -0.4 is 4.74 Å². The topological polar surface area (TPSA) is 9.23 Å². The third-order valence-corrected chi connectivity index (χ3v) is 5.10. The summed E-state index contributed by atoms with van der Waals surface area (Å²) in [6.07, 6.45) is 0. The summed E-state index contributed by atoms with van der Waals surface area (Å²) in [6.45, 7) is 0. The van der Waals surface area contributed by atoms with Crippen molar-refractivity contribution in [3.8, 4) is 11.5 Å². The van der Waals surface area contributed by atoms with E-state index in [9.17, 15) is 0 Å². The van der Waals surface area contributed by atoms with Crippen LogP contribution in [0.15, 0.2) is 18.2 Å². The predicted octanol–water partition coefficient (Wildman–Crippen LogP) is 8.05. The summed E-state index contributed by atoms with van der Waals surface area (Å²) in [7, 11) is 0. The van der Waals surface area contributed by atoms with Crippen molar-refractivity contribution in [1.29, 1.82) is 0 Å². The number of rotatable bonds is 2. The molecular weight excluding hydrogens is 408 g/mol. The maximum absolute atomic E-state index is 6.04. The minimum absolute atomic E-state index is 0.0890. The van der Waals surface area contributed by atoms with Crippen molar-refractivity contribution >= 4 is 81.2 Å². The van der Waals surface area contributed by atoms with Crippen molar-refractivity contribution in [1.82, 2.24) is 0 Å². The fraction of sp³-hybridized carbons (Fsp3) is 0. The first kappa shape index (κ1) is 16.6. The van der Waals surface area contributed by atoms with Crippen LogP contribution in [0.3, 0.4) is 0 Å². The van der Waals surface area contributed by atoms with Crippen molar-refractivity contribution in [2.24, 2.45) is 0 Å². The van der Waals surface area contributed by atoms with Gasteiger partial charge in [-0.3, -0.25) is 0 Å². The molecule has 0 heterocycles. The van der Waals surface area contributed by atoms with Gasteiger partial charge in [-0.25, -0.2) is 0 Å². The monoisotopic (exact) mass is 408 g/mol. The number of hydrogen-bond acceptors (Lipinski definition) is 1. The summed E-state index contributed by atoms with van der Waals surface area (Å²) in [4.78, 5) is 0. The van der Waals surface area contributed by atoms with Crippen molar-refractivity contribution in [2.75, 3.05) is 0 Å². The fourth-order valence-corrected chi connectivity index (χ4v) is 2.77. The number of ether oxygens (including phenoxy) is 1. The zero-order chi connectivity index (χ0) is 15.0. The lowest BCUT2D eigenvalue weighted by molar-refractivity contribution is 0.483. The SMILES string of the molecule is Clc1ccc(Oc2c(Cl)c(Cl)cc(Cl)c2Cl)c(Cl)c1Cl. The summed E-state index contributed by atoms with van der Waals surface area (Å²) in [6, 6.07) is 4.47. The molecule has 0 spiro atoms. The molecule has 0 saturated carbocycles. The van der Waals surface area contributed by atoms with Gasteiger partial charge in [0.05, 0.1) is 20.1 Å². The maximum Gasteiger partial charge on any atom is 0.167 e. The Hall–Kier alpha value is 0.270. The molecule has 8 heteroatoms. The first-order chi connectivity index (χ1) is 9.32. The molecule has 2 aromatic carbocycles. The molecule has 0 bridgehead atoms. The van der Waals surface area contributed by atoms with Gasteiger partial charge in [0.1, 0.15) is 20.8 Å². The second-order valence-electron chi connectivity index (χ2n) is 3.57. The number of halogens is 7. The van der Waals surface area contributed by atoms with E-state index >= 15 is 0 Å². The van der Waals surface area contributed by atoms with E-state index in [1.807, 2.05) is 0 Å². The average molecular weight is 411 g/mol. The Morgan fingerprint density at radius 3 is 1.70 bits per heavy atom. The maximum atomic E-state index is 6.04. The molecule has 106 valence electrons. The van der Waals surface area contributed by atoms with Crippen LogP contribution in [0.2, 0.25) is 35.2 Å². The minimum atomic E-state index is 0.0890. The van der Waals surface area contributed by atoms with E-state index in [2.05, 4.69) is 0 Å². The Morgan fingerprint density at radius 2 is 1.15 bits per heavy atom. The van der Waals surface area contributed by atoms with E-state index in [4.69, 9.17) is 85.9 Å². The van der Waals surface area contributed by atoms with Gasteiger partial charge in [-0.1, -0.05) is 81.2 Å². The molecule has 0 radical (unpaired) electrons. The normalized spacial score (nSPS) is 10.8. The first-order valence-electron chi connectivity index (χ1n) is 4.97. The molecule has 0 atom stereocenters. The Bertz CT molecular complexity index is 658. The largest absolute Gasteiger partial charge is 0.452 e. The second kappa shape index (κ2) is 6.58. The zero-order valence-electron chi connectivity index (χ0n) is 9.29. The van der Waals surface area contributed by atoms with Crippen LogP contribution in [0.5, 0.6) is 11.5 Å². The lowest BCUT2D eigenvalue weighted by atomic mass is 10.3. The molecular formula is C12H3Cl7O. The standard InChI is InChI=1S/C12H3Cl7O/c13-4-1-2-7(11(19)8(4)16)20-12-9(17)5(14)3-6(15)10(12)18/h1-3H. The van der Waals surface area contributed by atoms with Crippen LogP contribution in [0.4, 0.5) is 0 Å². The molecule has 0 fully saturated rings. The third kappa shape index (κ3) is 3.20. The Kier molecular flexibility index (Phi) is 5.47. The highest BCUT2D eigenvalue weighted by molar-refractivity contribution is 6.49. The third-order valence-electron chi connectivity index (χ3n) is 2.28. The molecule has 0 aliphatic rings. The molecule has 1 nitrogen and oxygen atoms in total. The van der Waals surface area contributed by atoms with Crippen molar-refractivity contribution < 1.29 is 4.74 Å². The summed E-state index contributed by atoms with van der Waals surface area (Å²) in [5, 5.41) is 1.21. The average Bonchev–Trinajstić information content (AvgIpc) is 2.41.